The zero-order valence-corrected chi connectivity index (χ0v) is 23.3. The Labute approximate surface area is 217 Å². The summed E-state index contributed by atoms with van der Waals surface area (Å²) in [5.41, 5.74) is 0.566. The van der Waals surface area contributed by atoms with E-state index in [4.69, 9.17) is 0 Å². The zero-order valence-electron chi connectivity index (χ0n) is 23.3. The number of piperidine rings is 2. The van der Waals surface area contributed by atoms with Gasteiger partial charge in [0, 0.05) is 37.4 Å². The van der Waals surface area contributed by atoms with Crippen LogP contribution in [0.25, 0.3) is 0 Å². The summed E-state index contributed by atoms with van der Waals surface area (Å²) in [6.45, 7) is 14.0. The Morgan fingerprint density at radius 1 is 0.944 bits per heavy atom. The number of hydrogen-bond acceptors (Lipinski definition) is 4. The van der Waals surface area contributed by atoms with Crippen molar-refractivity contribution in [3.8, 4) is 0 Å². The van der Waals surface area contributed by atoms with Gasteiger partial charge in [-0.15, -0.1) is 0 Å². The highest BCUT2D eigenvalue weighted by atomic mass is 19.1. The van der Waals surface area contributed by atoms with Crippen LogP contribution < -0.4 is 10.2 Å². The molecule has 3 fully saturated rings. The number of rotatable bonds is 3. The van der Waals surface area contributed by atoms with Crippen LogP contribution in [0, 0.1) is 23.0 Å². The van der Waals surface area contributed by atoms with Crippen LogP contribution in [0.4, 0.5) is 14.5 Å². The average molecular weight is 511 g/mol. The Morgan fingerprint density at radius 2 is 1.44 bits per heavy atom. The zero-order chi connectivity index (χ0) is 27.3. The van der Waals surface area contributed by atoms with E-state index in [-0.39, 0.29) is 25.0 Å². The first-order valence-electron chi connectivity index (χ1n) is 14.0. The van der Waals surface area contributed by atoms with Gasteiger partial charge in [-0.25, -0.2) is 8.78 Å². The van der Waals surface area contributed by atoms with Crippen LogP contribution in [0.5, 0.6) is 0 Å². The molecule has 1 saturated carbocycles. The van der Waals surface area contributed by atoms with Crippen LogP contribution >= 0.6 is 0 Å². The van der Waals surface area contributed by atoms with Crippen LogP contribution in [0.15, 0.2) is 12.1 Å². The smallest absolute Gasteiger partial charge is 0.234 e. The van der Waals surface area contributed by atoms with Gasteiger partial charge < -0.3 is 10.0 Å². The summed E-state index contributed by atoms with van der Waals surface area (Å²) >= 11 is 0. The SMILES string of the molecule is CC.CC.CCC.O=C1CCC(c2c(F)cc(N3CCC4(CCC(CO)CC4)CC3)cc2F)C(=O)N1. The summed E-state index contributed by atoms with van der Waals surface area (Å²) in [5.74, 6) is -3.03. The van der Waals surface area contributed by atoms with Gasteiger partial charge in [-0.05, 0) is 68.4 Å². The van der Waals surface area contributed by atoms with Gasteiger partial charge in [0.1, 0.15) is 11.6 Å². The quantitative estimate of drug-likeness (QED) is 0.443. The molecular weight excluding hydrogens is 462 g/mol. The number of imide groups is 1. The topological polar surface area (TPSA) is 69.6 Å². The van der Waals surface area contributed by atoms with Crippen LogP contribution in [-0.2, 0) is 9.59 Å². The molecule has 2 heterocycles. The van der Waals surface area contributed by atoms with Gasteiger partial charge in [-0.2, -0.15) is 0 Å². The molecule has 1 aliphatic carbocycles. The lowest BCUT2D eigenvalue weighted by molar-refractivity contribution is -0.134. The van der Waals surface area contributed by atoms with Crippen LogP contribution in [0.1, 0.15) is 111 Å². The lowest BCUT2D eigenvalue weighted by Crippen LogP contribution is -2.42. The Morgan fingerprint density at radius 3 is 1.89 bits per heavy atom. The van der Waals surface area contributed by atoms with E-state index >= 15 is 0 Å². The van der Waals surface area contributed by atoms with Crippen molar-refractivity contribution < 1.29 is 23.5 Å². The van der Waals surface area contributed by atoms with E-state index in [1.54, 1.807) is 0 Å². The van der Waals surface area contributed by atoms with Crippen molar-refractivity contribution >= 4 is 17.5 Å². The monoisotopic (exact) mass is 510 g/mol. The largest absolute Gasteiger partial charge is 0.396 e. The third-order valence-electron chi connectivity index (χ3n) is 7.26. The number of aliphatic hydroxyl groups excluding tert-OH is 1. The molecule has 5 nitrogen and oxygen atoms in total. The summed E-state index contributed by atoms with van der Waals surface area (Å²) in [7, 11) is 0. The highest BCUT2D eigenvalue weighted by Crippen LogP contribution is 2.47. The molecule has 36 heavy (non-hydrogen) atoms. The Hall–Kier alpha value is -2.02. The highest BCUT2D eigenvalue weighted by Gasteiger charge is 2.38. The van der Waals surface area contributed by atoms with Gasteiger partial charge in [0.2, 0.25) is 11.8 Å². The van der Waals surface area contributed by atoms with Gasteiger partial charge in [-0.3, -0.25) is 14.9 Å². The molecule has 2 N–H and O–H groups in total. The number of halogens is 2. The molecule has 1 atom stereocenters. The van der Waals surface area contributed by atoms with Gasteiger partial charge in [0.05, 0.1) is 5.92 Å². The van der Waals surface area contributed by atoms with Crippen molar-refractivity contribution in [2.24, 2.45) is 11.3 Å². The van der Waals surface area contributed by atoms with Crippen molar-refractivity contribution in [2.75, 3.05) is 24.6 Å². The lowest BCUT2D eigenvalue weighted by Gasteiger charge is -2.46. The van der Waals surface area contributed by atoms with Gasteiger partial charge in [0.25, 0.3) is 0 Å². The standard InChI is InChI=1S/C22H28F2N2O3.C3H8.2C2H6/c23-17-11-15(12-18(24)20(17)16-1-2-19(28)25-21(16)29)26-9-7-22(8-10-26)5-3-14(13-27)4-6-22;1-3-2;2*1-2/h11-12,14,16,27H,1-10,13H2,(H,25,28,29);3H2,1-2H3;2*1-2H3. The molecule has 0 aromatic heterocycles. The number of aliphatic hydroxyl groups is 1. The average Bonchev–Trinajstić information content (AvgIpc) is 2.89. The molecule has 0 radical (unpaired) electrons. The Balaban J connectivity index is 0.000000844. The minimum Gasteiger partial charge on any atom is -0.396 e. The molecule has 206 valence electrons. The van der Waals surface area contributed by atoms with E-state index < -0.39 is 29.4 Å². The van der Waals surface area contributed by atoms with Gasteiger partial charge in [-0.1, -0.05) is 48.0 Å². The minimum atomic E-state index is -0.965. The third kappa shape index (κ3) is 8.25. The molecule has 1 aromatic carbocycles. The number of carbonyl (C=O) groups excluding carboxylic acids is 2. The van der Waals surface area contributed by atoms with Crippen LogP contribution in [0.2, 0.25) is 0 Å². The van der Waals surface area contributed by atoms with Crippen molar-refractivity contribution in [2.45, 2.75) is 105 Å². The van der Waals surface area contributed by atoms with E-state index in [9.17, 15) is 23.5 Å². The predicted octanol–water partition coefficient (Wildman–Crippen LogP) is 6.72. The fraction of sp³-hybridized carbons (Fsp3) is 0.724. The number of hydrogen-bond donors (Lipinski definition) is 2. The number of nitrogens with zero attached hydrogens (tertiary/aromatic N) is 1. The second-order valence-corrected chi connectivity index (χ2v) is 9.65. The number of amides is 2. The molecule has 3 aliphatic rings. The summed E-state index contributed by atoms with van der Waals surface area (Å²) < 4.78 is 29.6. The summed E-state index contributed by atoms with van der Waals surface area (Å²) in [6.07, 6.45) is 7.78. The Kier molecular flexibility index (Phi) is 14.2. The number of carbonyl (C=O) groups is 2. The van der Waals surface area contributed by atoms with Crippen molar-refractivity contribution in [1.82, 2.24) is 5.32 Å². The summed E-state index contributed by atoms with van der Waals surface area (Å²) in [4.78, 5) is 25.3. The van der Waals surface area contributed by atoms with E-state index in [1.807, 2.05) is 32.6 Å². The molecule has 1 aromatic rings. The second kappa shape index (κ2) is 16.0. The maximum atomic E-state index is 14.8. The molecule has 2 amide bonds. The van der Waals surface area contributed by atoms with Crippen molar-refractivity contribution in [1.29, 1.82) is 0 Å². The van der Waals surface area contributed by atoms with Crippen LogP contribution in [0.3, 0.4) is 0 Å². The van der Waals surface area contributed by atoms with Crippen molar-refractivity contribution in [3.63, 3.8) is 0 Å². The van der Waals surface area contributed by atoms with E-state index in [2.05, 4.69) is 19.2 Å². The first-order valence-corrected chi connectivity index (χ1v) is 14.0. The predicted molar refractivity (Wildman–Crippen MR) is 143 cm³/mol. The van der Waals surface area contributed by atoms with E-state index in [0.29, 0.717) is 17.0 Å². The fourth-order valence-electron chi connectivity index (χ4n) is 5.27. The highest BCUT2D eigenvalue weighted by molar-refractivity contribution is 6.01. The lowest BCUT2D eigenvalue weighted by atomic mass is 9.65. The molecule has 0 bridgehead atoms. The molecule has 7 heteroatoms. The molecule has 1 spiro atoms. The Bertz CT molecular complexity index is 790. The first kappa shape index (κ1) is 32.0. The number of benzene rings is 1. The molecule has 1 unspecified atom stereocenters. The maximum Gasteiger partial charge on any atom is 0.234 e. The van der Waals surface area contributed by atoms with Crippen LogP contribution in [-0.4, -0.2) is 36.6 Å². The van der Waals surface area contributed by atoms with E-state index in [1.165, 1.54) is 18.6 Å². The number of anilines is 1. The molecular formula is C29H48F2N2O3. The molecule has 2 saturated heterocycles. The molecule has 4 rings (SSSR count). The summed E-state index contributed by atoms with van der Waals surface area (Å²) in [5, 5.41) is 11.5. The normalized spacial score (nSPS) is 21.2. The minimum absolute atomic E-state index is 0.0857. The van der Waals surface area contributed by atoms with Gasteiger partial charge in [0.15, 0.2) is 0 Å². The summed E-state index contributed by atoms with van der Waals surface area (Å²) in [6, 6.07) is 2.64. The molecule has 2 aliphatic heterocycles. The fourth-order valence-corrected chi connectivity index (χ4v) is 5.27. The van der Waals surface area contributed by atoms with Crippen molar-refractivity contribution in [3.05, 3.63) is 29.3 Å². The second-order valence-electron chi connectivity index (χ2n) is 9.65. The number of nitrogens with one attached hydrogen (secondary N) is 1. The third-order valence-corrected chi connectivity index (χ3v) is 7.26. The van der Waals surface area contributed by atoms with Gasteiger partial charge >= 0.3 is 0 Å². The maximum absolute atomic E-state index is 14.8. The van der Waals surface area contributed by atoms with E-state index in [0.717, 1.165) is 51.6 Å². The first-order chi connectivity index (χ1) is 17.3.